The van der Waals surface area contributed by atoms with Gasteiger partial charge in [0, 0.05) is 18.2 Å². The van der Waals surface area contributed by atoms with Crippen LogP contribution in [-0.4, -0.2) is 54.5 Å². The van der Waals surface area contributed by atoms with E-state index in [1.807, 2.05) is 0 Å². The second-order valence-electron chi connectivity index (χ2n) is 10.1. The molecule has 1 atom stereocenters. The van der Waals surface area contributed by atoms with Crippen molar-refractivity contribution in [3.63, 3.8) is 0 Å². The Morgan fingerprint density at radius 2 is 1.75 bits per heavy atom. The van der Waals surface area contributed by atoms with E-state index in [9.17, 15) is 26.3 Å². The molecule has 4 aromatic heterocycles. The Hall–Kier alpha value is -4.89. The monoisotopic (exact) mass is 618 g/mol. The van der Waals surface area contributed by atoms with E-state index >= 15 is 0 Å². The van der Waals surface area contributed by atoms with Crippen LogP contribution in [0.2, 0.25) is 0 Å². The van der Waals surface area contributed by atoms with Crippen LogP contribution in [0.1, 0.15) is 42.0 Å². The zero-order valence-electron chi connectivity index (χ0n) is 23.2. The van der Waals surface area contributed by atoms with Crippen molar-refractivity contribution < 1.29 is 35.8 Å². The molecule has 0 spiro atoms. The Bertz CT molecular complexity index is 1890. The summed E-state index contributed by atoms with van der Waals surface area (Å²) < 4.78 is 94.9. The van der Waals surface area contributed by atoms with Crippen molar-refractivity contribution in [2.45, 2.75) is 44.2 Å². The number of methoxy groups -OCH3 is 2. The van der Waals surface area contributed by atoms with Crippen molar-refractivity contribution in [3.8, 4) is 28.7 Å². The van der Waals surface area contributed by atoms with Gasteiger partial charge in [0.25, 0.3) is 6.43 Å². The molecular formula is C28H24F6N8O2. The number of fused-ring (bicyclic) bond motifs is 1. The molecule has 1 aliphatic rings. The van der Waals surface area contributed by atoms with Crippen molar-refractivity contribution in [2.75, 3.05) is 14.2 Å². The van der Waals surface area contributed by atoms with Gasteiger partial charge in [-0.2, -0.15) is 18.3 Å². The zero-order valence-corrected chi connectivity index (χ0v) is 23.2. The van der Waals surface area contributed by atoms with Gasteiger partial charge in [-0.3, -0.25) is 19.5 Å². The van der Waals surface area contributed by atoms with E-state index in [0.29, 0.717) is 21.4 Å². The van der Waals surface area contributed by atoms with Crippen molar-refractivity contribution in [3.05, 3.63) is 71.4 Å². The number of nitrogens with zero attached hydrogens (tertiary/aromatic N) is 7. The maximum atomic E-state index is 14.8. The third kappa shape index (κ3) is 5.13. The highest BCUT2D eigenvalue weighted by Gasteiger charge is 2.36. The highest BCUT2D eigenvalue weighted by molar-refractivity contribution is 5.76. The number of ether oxygens (including phenoxy) is 2. The zero-order chi connectivity index (χ0) is 31.3. The van der Waals surface area contributed by atoms with Gasteiger partial charge in [-0.1, -0.05) is 12.1 Å². The summed E-state index contributed by atoms with van der Waals surface area (Å²) in [6.45, 7) is -0.112. The van der Waals surface area contributed by atoms with Crippen molar-refractivity contribution in [1.29, 1.82) is 5.41 Å². The van der Waals surface area contributed by atoms with Gasteiger partial charge in [0.05, 0.1) is 43.9 Å². The lowest BCUT2D eigenvalue weighted by molar-refractivity contribution is -0.141. The number of hydrogen-bond donors (Lipinski definition) is 1. The number of hydrogen-bond acceptors (Lipinski definition) is 7. The molecular weight excluding hydrogens is 594 g/mol. The SMILES string of the molecule is COc1ccnc(C2CC2)c1-c1ncc2c(n1)n(Cc1ccc(-n3nc(C(F)(F)F)cc3OC)cc1)c(=N)n2C(F)C(F)F. The summed E-state index contributed by atoms with van der Waals surface area (Å²) in [6, 6.07) is 8.48. The minimum Gasteiger partial charge on any atom is -0.496 e. The Morgan fingerprint density at radius 1 is 1.02 bits per heavy atom. The molecule has 1 aliphatic carbocycles. The maximum Gasteiger partial charge on any atom is 0.435 e. The first-order valence-electron chi connectivity index (χ1n) is 13.3. The van der Waals surface area contributed by atoms with Gasteiger partial charge in [-0.05, 0) is 36.6 Å². The Balaban J connectivity index is 1.44. The number of alkyl halides is 6. The van der Waals surface area contributed by atoms with E-state index < -0.39 is 30.2 Å². The fourth-order valence-corrected chi connectivity index (χ4v) is 4.99. The average molecular weight is 619 g/mol. The number of pyridine rings is 1. The number of benzene rings is 1. The molecule has 0 saturated heterocycles. The molecule has 6 rings (SSSR count). The van der Waals surface area contributed by atoms with Gasteiger partial charge in [-0.15, -0.1) is 0 Å². The van der Waals surface area contributed by atoms with Gasteiger partial charge < -0.3 is 9.47 Å². The number of imidazole rings is 1. The van der Waals surface area contributed by atoms with E-state index in [1.165, 1.54) is 37.1 Å². The van der Waals surface area contributed by atoms with Crippen molar-refractivity contribution in [1.82, 2.24) is 33.9 Å². The quantitative estimate of drug-likeness (QED) is 0.214. The summed E-state index contributed by atoms with van der Waals surface area (Å²) in [5.74, 6) is 0.658. The van der Waals surface area contributed by atoms with Crippen LogP contribution in [0, 0.1) is 5.41 Å². The first-order chi connectivity index (χ1) is 21.0. The lowest BCUT2D eigenvalue weighted by atomic mass is 10.1. The van der Waals surface area contributed by atoms with Crippen LogP contribution in [0.25, 0.3) is 28.2 Å². The highest BCUT2D eigenvalue weighted by atomic mass is 19.4. The van der Waals surface area contributed by atoms with Gasteiger partial charge in [0.15, 0.2) is 17.2 Å². The highest BCUT2D eigenvalue weighted by Crippen LogP contribution is 2.45. The number of rotatable bonds is 9. The van der Waals surface area contributed by atoms with Gasteiger partial charge in [0.2, 0.25) is 17.8 Å². The van der Waals surface area contributed by atoms with Crippen LogP contribution in [0.4, 0.5) is 26.3 Å². The Kier molecular flexibility index (Phi) is 7.29. The number of aromatic nitrogens is 7. The summed E-state index contributed by atoms with van der Waals surface area (Å²) in [6.07, 6.45) is -6.32. The Morgan fingerprint density at radius 3 is 2.36 bits per heavy atom. The van der Waals surface area contributed by atoms with Crippen LogP contribution >= 0.6 is 0 Å². The second kappa shape index (κ2) is 11.0. The van der Waals surface area contributed by atoms with Gasteiger partial charge in [-0.25, -0.2) is 27.8 Å². The summed E-state index contributed by atoms with van der Waals surface area (Å²) >= 11 is 0. The van der Waals surface area contributed by atoms with Crippen LogP contribution in [0.5, 0.6) is 11.6 Å². The smallest absolute Gasteiger partial charge is 0.435 e. The minimum absolute atomic E-state index is 0.0172. The molecule has 5 aromatic rings. The fourth-order valence-electron chi connectivity index (χ4n) is 4.99. The molecule has 10 nitrogen and oxygen atoms in total. The van der Waals surface area contributed by atoms with Crippen LogP contribution < -0.4 is 15.1 Å². The first-order valence-corrected chi connectivity index (χ1v) is 13.3. The summed E-state index contributed by atoms with van der Waals surface area (Å²) in [5, 5.41) is 12.2. The molecule has 4 heterocycles. The molecule has 1 saturated carbocycles. The fraction of sp³-hybridized carbons (Fsp3) is 0.321. The van der Waals surface area contributed by atoms with E-state index in [-0.39, 0.29) is 41.0 Å². The molecule has 1 aromatic carbocycles. The van der Waals surface area contributed by atoms with E-state index in [2.05, 4.69) is 20.1 Å². The second-order valence-corrected chi connectivity index (χ2v) is 10.1. The lowest BCUT2D eigenvalue weighted by Crippen LogP contribution is -2.29. The molecule has 0 amide bonds. The third-order valence-corrected chi connectivity index (χ3v) is 7.25. The van der Waals surface area contributed by atoms with Crippen LogP contribution in [0.15, 0.2) is 48.8 Å². The summed E-state index contributed by atoms with van der Waals surface area (Å²) in [5.41, 5.74) is 0.171. The molecule has 0 aliphatic heterocycles. The van der Waals surface area contributed by atoms with Crippen molar-refractivity contribution >= 4 is 11.2 Å². The third-order valence-electron chi connectivity index (χ3n) is 7.25. The molecule has 230 valence electrons. The lowest BCUT2D eigenvalue weighted by Gasteiger charge is -2.12. The predicted octanol–water partition coefficient (Wildman–Crippen LogP) is 5.65. The summed E-state index contributed by atoms with van der Waals surface area (Å²) in [4.78, 5) is 13.4. The van der Waals surface area contributed by atoms with Crippen molar-refractivity contribution in [2.24, 2.45) is 0 Å². The Labute approximate surface area is 245 Å². The van der Waals surface area contributed by atoms with E-state index in [4.69, 9.17) is 14.9 Å². The molecule has 1 fully saturated rings. The molecule has 44 heavy (non-hydrogen) atoms. The molecule has 0 radical (unpaired) electrons. The predicted molar refractivity (Wildman–Crippen MR) is 143 cm³/mol. The molecule has 1 N–H and O–H groups in total. The first kappa shape index (κ1) is 29.2. The minimum atomic E-state index is -4.68. The number of nitrogens with one attached hydrogen (secondary N) is 1. The maximum absolute atomic E-state index is 14.8. The number of halogens is 6. The largest absolute Gasteiger partial charge is 0.496 e. The molecule has 0 bridgehead atoms. The van der Waals surface area contributed by atoms with Crippen LogP contribution in [-0.2, 0) is 12.7 Å². The average Bonchev–Trinajstić information content (AvgIpc) is 3.70. The van der Waals surface area contributed by atoms with E-state index in [1.54, 1.807) is 24.4 Å². The molecule has 1 unspecified atom stereocenters. The summed E-state index contributed by atoms with van der Waals surface area (Å²) in [7, 11) is 2.70. The normalized spacial score (nSPS) is 14.4. The van der Waals surface area contributed by atoms with Crippen LogP contribution in [0.3, 0.4) is 0 Å². The standard InChI is InChI=1S/C28H24F6N8O2/c1-43-18-9-10-36-22(15-5-6-15)21(18)25-37-12-17-26(38-25)40(27(35)41(17)24(31)23(29)30)13-14-3-7-16(8-4-14)42-20(44-2)11-19(39-42)28(32,33)34/h3-4,7-12,15,23-24,35H,5-6,13H2,1-2H3. The van der Waals surface area contributed by atoms with Gasteiger partial charge in [0.1, 0.15) is 11.3 Å². The van der Waals surface area contributed by atoms with Gasteiger partial charge >= 0.3 is 6.18 Å². The van der Waals surface area contributed by atoms with E-state index in [0.717, 1.165) is 29.3 Å². The topological polar surface area (TPSA) is 109 Å². The molecule has 16 heteroatoms.